The monoisotopic (exact) mass is 433 g/mol. The fourth-order valence-corrected chi connectivity index (χ4v) is 3.97. The molecular formula is C21H25F2N5O3. The lowest BCUT2D eigenvalue weighted by atomic mass is 9.94. The molecule has 2 saturated heterocycles. The van der Waals surface area contributed by atoms with Crippen LogP contribution in [0.1, 0.15) is 25.1 Å². The summed E-state index contributed by atoms with van der Waals surface area (Å²) < 4.78 is 38.7. The third-order valence-corrected chi connectivity index (χ3v) is 5.63. The lowest BCUT2D eigenvalue weighted by Gasteiger charge is -2.41. The molecule has 2 aromatic rings. The Hall–Kier alpha value is -3.01. The van der Waals surface area contributed by atoms with Crippen LogP contribution in [0.2, 0.25) is 0 Å². The molecule has 2 aliphatic rings. The smallest absolute Gasteiger partial charge is 0.296 e. The molecule has 0 unspecified atom stereocenters. The Morgan fingerprint density at radius 3 is 2.74 bits per heavy atom. The van der Waals surface area contributed by atoms with Crippen LogP contribution in [0.25, 0.3) is 16.9 Å². The standard InChI is InChI=1S/C21H25F2N5O3/c22-19(23)20-26-15-3-1-2-4-16(15)28(20)17(24)9-18(25)31-12-13-10-27(11-13)21(29)14-5-7-30-8-6-14/h1-4,9,13-14,19,25H,5-8,10-12,24H2/b17-9+,25-18?. The molecule has 166 valence electrons. The van der Waals surface area contributed by atoms with Crippen molar-refractivity contribution in [2.45, 2.75) is 19.3 Å². The highest BCUT2D eigenvalue weighted by atomic mass is 19.3. The second-order valence-electron chi connectivity index (χ2n) is 7.84. The van der Waals surface area contributed by atoms with Crippen molar-refractivity contribution in [2.75, 3.05) is 32.9 Å². The number of amides is 1. The normalized spacial score (nSPS) is 18.4. The first-order chi connectivity index (χ1) is 14.9. The summed E-state index contributed by atoms with van der Waals surface area (Å²) in [7, 11) is 0. The summed E-state index contributed by atoms with van der Waals surface area (Å²) >= 11 is 0. The second kappa shape index (κ2) is 9.01. The zero-order chi connectivity index (χ0) is 22.0. The molecule has 31 heavy (non-hydrogen) atoms. The lowest BCUT2D eigenvalue weighted by Crippen LogP contribution is -2.54. The number of fused-ring (bicyclic) bond motifs is 1. The van der Waals surface area contributed by atoms with E-state index in [1.807, 2.05) is 4.90 Å². The van der Waals surface area contributed by atoms with E-state index in [0.717, 1.165) is 17.4 Å². The molecule has 0 atom stereocenters. The number of nitrogens with two attached hydrogens (primary N) is 1. The number of para-hydroxylation sites is 2. The van der Waals surface area contributed by atoms with Gasteiger partial charge in [-0.05, 0) is 25.0 Å². The Balaban J connectivity index is 1.33. The van der Waals surface area contributed by atoms with Crippen molar-refractivity contribution in [3.63, 3.8) is 0 Å². The van der Waals surface area contributed by atoms with Gasteiger partial charge in [-0.15, -0.1) is 0 Å². The van der Waals surface area contributed by atoms with E-state index in [1.165, 1.54) is 6.08 Å². The minimum atomic E-state index is -2.82. The zero-order valence-corrected chi connectivity index (χ0v) is 17.0. The lowest BCUT2D eigenvalue weighted by molar-refractivity contribution is -0.145. The zero-order valence-electron chi connectivity index (χ0n) is 17.0. The molecule has 3 N–H and O–H groups in total. The Kier molecular flexibility index (Phi) is 6.17. The van der Waals surface area contributed by atoms with Gasteiger partial charge in [0.25, 0.3) is 6.43 Å². The maximum atomic E-state index is 13.4. The third kappa shape index (κ3) is 4.53. The molecular weight excluding hydrogens is 408 g/mol. The van der Waals surface area contributed by atoms with E-state index in [0.29, 0.717) is 37.3 Å². The molecule has 10 heteroatoms. The molecule has 2 fully saturated rings. The van der Waals surface area contributed by atoms with Gasteiger partial charge >= 0.3 is 0 Å². The fourth-order valence-electron chi connectivity index (χ4n) is 3.97. The number of nitrogens with zero attached hydrogens (tertiary/aromatic N) is 3. The van der Waals surface area contributed by atoms with Crippen LogP contribution in [0.15, 0.2) is 30.3 Å². The number of rotatable bonds is 6. The Morgan fingerprint density at radius 1 is 1.32 bits per heavy atom. The van der Waals surface area contributed by atoms with Gasteiger partial charge in [-0.1, -0.05) is 12.1 Å². The molecule has 1 aromatic heterocycles. The van der Waals surface area contributed by atoms with Crippen molar-refractivity contribution < 1.29 is 23.0 Å². The molecule has 8 nitrogen and oxygen atoms in total. The Bertz CT molecular complexity index is 994. The molecule has 2 aliphatic heterocycles. The quantitative estimate of drug-likeness (QED) is 0.538. The molecule has 0 aliphatic carbocycles. The summed E-state index contributed by atoms with van der Waals surface area (Å²) in [5.74, 6) is -0.465. The number of benzene rings is 1. The van der Waals surface area contributed by atoms with Crippen molar-refractivity contribution in [1.82, 2.24) is 14.5 Å². The van der Waals surface area contributed by atoms with Crippen LogP contribution in [-0.4, -0.2) is 59.2 Å². The summed E-state index contributed by atoms with van der Waals surface area (Å²) in [4.78, 5) is 18.2. The predicted octanol–water partition coefficient (Wildman–Crippen LogP) is 2.61. The summed E-state index contributed by atoms with van der Waals surface area (Å²) in [6, 6.07) is 6.66. The van der Waals surface area contributed by atoms with E-state index < -0.39 is 12.2 Å². The van der Waals surface area contributed by atoms with Crippen LogP contribution in [0.5, 0.6) is 0 Å². The van der Waals surface area contributed by atoms with Crippen molar-refractivity contribution >= 4 is 28.7 Å². The summed E-state index contributed by atoms with van der Waals surface area (Å²) in [5, 5.41) is 8.00. The number of ether oxygens (including phenoxy) is 2. The summed E-state index contributed by atoms with van der Waals surface area (Å²) in [6.07, 6.45) is -0.101. The highest BCUT2D eigenvalue weighted by Gasteiger charge is 2.35. The molecule has 1 amide bonds. The van der Waals surface area contributed by atoms with E-state index in [1.54, 1.807) is 24.3 Å². The van der Waals surface area contributed by atoms with Gasteiger partial charge in [-0.25, -0.2) is 13.8 Å². The Labute approximate surface area is 178 Å². The third-order valence-electron chi connectivity index (χ3n) is 5.63. The van der Waals surface area contributed by atoms with Crippen LogP contribution >= 0.6 is 0 Å². The minimum absolute atomic E-state index is 0.0330. The number of aromatic nitrogens is 2. The van der Waals surface area contributed by atoms with Gasteiger partial charge in [0, 0.05) is 44.2 Å². The first-order valence-electron chi connectivity index (χ1n) is 10.2. The first kappa shape index (κ1) is 21.2. The van der Waals surface area contributed by atoms with Crippen LogP contribution < -0.4 is 5.73 Å². The molecule has 0 bridgehead atoms. The van der Waals surface area contributed by atoms with E-state index in [9.17, 15) is 13.6 Å². The number of nitrogens with one attached hydrogen (secondary N) is 1. The van der Waals surface area contributed by atoms with Crippen LogP contribution in [0.3, 0.4) is 0 Å². The number of hydrogen-bond donors (Lipinski definition) is 2. The number of likely N-dealkylation sites (tertiary alicyclic amines) is 1. The van der Waals surface area contributed by atoms with Crippen LogP contribution in [0.4, 0.5) is 8.78 Å². The molecule has 4 rings (SSSR count). The molecule has 0 radical (unpaired) electrons. The number of carbonyl (C=O) groups excluding carboxylic acids is 1. The van der Waals surface area contributed by atoms with Crippen LogP contribution in [-0.2, 0) is 14.3 Å². The molecule has 3 heterocycles. The highest BCUT2D eigenvalue weighted by molar-refractivity contribution is 5.91. The van der Waals surface area contributed by atoms with Crippen molar-refractivity contribution in [3.05, 3.63) is 36.2 Å². The summed E-state index contributed by atoms with van der Waals surface area (Å²) in [6.45, 7) is 2.68. The number of hydrogen-bond acceptors (Lipinski definition) is 6. The van der Waals surface area contributed by atoms with Gasteiger partial charge in [0.2, 0.25) is 11.8 Å². The van der Waals surface area contributed by atoms with Gasteiger partial charge in [0.15, 0.2) is 5.82 Å². The van der Waals surface area contributed by atoms with Gasteiger partial charge in [0.1, 0.15) is 5.82 Å². The van der Waals surface area contributed by atoms with Crippen molar-refractivity contribution in [2.24, 2.45) is 17.6 Å². The largest absolute Gasteiger partial charge is 0.478 e. The van der Waals surface area contributed by atoms with E-state index >= 15 is 0 Å². The maximum absolute atomic E-state index is 13.4. The topological polar surface area (TPSA) is 106 Å². The van der Waals surface area contributed by atoms with Gasteiger partial charge < -0.3 is 20.1 Å². The maximum Gasteiger partial charge on any atom is 0.296 e. The number of alkyl halides is 2. The van der Waals surface area contributed by atoms with Gasteiger partial charge in [0.05, 0.1) is 17.6 Å². The molecule has 0 spiro atoms. The van der Waals surface area contributed by atoms with Gasteiger partial charge in [-0.2, -0.15) is 0 Å². The first-order valence-corrected chi connectivity index (χ1v) is 10.2. The molecule has 0 saturated carbocycles. The minimum Gasteiger partial charge on any atom is -0.478 e. The SMILES string of the molecule is N=C(/C=C(\N)n1c(C(F)F)nc2ccccc21)OCC1CN(C(=O)C2CCOCC2)C1. The highest BCUT2D eigenvalue weighted by Crippen LogP contribution is 2.26. The average molecular weight is 433 g/mol. The average Bonchev–Trinajstić information content (AvgIpc) is 3.13. The second-order valence-corrected chi connectivity index (χ2v) is 7.84. The number of imidazole rings is 1. The van der Waals surface area contributed by atoms with Gasteiger partial charge in [-0.3, -0.25) is 14.8 Å². The number of carbonyl (C=O) groups is 1. The number of halogens is 2. The predicted molar refractivity (Wildman–Crippen MR) is 110 cm³/mol. The van der Waals surface area contributed by atoms with E-state index in [2.05, 4.69) is 4.98 Å². The molecule has 1 aromatic carbocycles. The van der Waals surface area contributed by atoms with Crippen molar-refractivity contribution in [3.8, 4) is 0 Å². The van der Waals surface area contributed by atoms with E-state index in [-0.39, 0.29) is 36.1 Å². The fraction of sp³-hybridized carbons (Fsp3) is 0.476. The summed E-state index contributed by atoms with van der Waals surface area (Å²) in [5.41, 5.74) is 6.83. The van der Waals surface area contributed by atoms with Crippen molar-refractivity contribution in [1.29, 1.82) is 5.41 Å². The Morgan fingerprint density at radius 2 is 2.03 bits per heavy atom. The van der Waals surface area contributed by atoms with Crippen LogP contribution in [0, 0.1) is 17.2 Å². The van der Waals surface area contributed by atoms with E-state index in [4.69, 9.17) is 20.6 Å².